The maximum Gasteiger partial charge on any atom is 0.338 e. The van der Waals surface area contributed by atoms with Crippen LogP contribution in [0.5, 0.6) is 0 Å². The number of ether oxygens (including phenoxy) is 1. The van der Waals surface area contributed by atoms with Gasteiger partial charge in [0.2, 0.25) is 0 Å². The Morgan fingerprint density at radius 1 is 1.05 bits per heavy atom. The third kappa shape index (κ3) is 2.89. The molecule has 0 spiro atoms. The van der Waals surface area contributed by atoms with Crippen molar-refractivity contribution >= 4 is 27.4 Å². The van der Waals surface area contributed by atoms with Crippen LogP contribution in [0.1, 0.15) is 15.9 Å². The first-order valence-electron chi connectivity index (χ1n) is 6.51. The Kier molecular flexibility index (Phi) is 3.79. The number of hydrogen-bond acceptors (Lipinski definition) is 3. The molecule has 100 valence electrons. The molecule has 0 radical (unpaired) electrons. The fourth-order valence-corrected chi connectivity index (χ4v) is 2.86. The second kappa shape index (κ2) is 5.88. The topological polar surface area (TPSA) is 26.3 Å². The van der Waals surface area contributed by atoms with Gasteiger partial charge in [0.15, 0.2) is 0 Å². The summed E-state index contributed by atoms with van der Waals surface area (Å²) in [5.41, 5.74) is 1.79. The summed E-state index contributed by atoms with van der Waals surface area (Å²) in [6, 6.07) is 17.6. The molecule has 3 heteroatoms. The predicted octanol–water partition coefficient (Wildman–Crippen LogP) is 4.30. The van der Waals surface area contributed by atoms with Crippen LogP contribution in [-0.4, -0.2) is 12.6 Å². The Morgan fingerprint density at radius 2 is 1.90 bits per heavy atom. The number of rotatable bonds is 4. The molecule has 2 nitrogen and oxygen atoms in total. The van der Waals surface area contributed by atoms with Crippen molar-refractivity contribution in [2.24, 2.45) is 0 Å². The standard InChI is InChI=1S/C17H14O2S/c18-17(14-4-2-1-3-5-14)19-10-8-13-6-7-16-15(12-13)9-11-20-16/h1-7,9,11-12H,8,10H2. The van der Waals surface area contributed by atoms with Gasteiger partial charge in [-0.05, 0) is 40.6 Å². The van der Waals surface area contributed by atoms with E-state index in [9.17, 15) is 4.79 Å². The molecule has 3 aromatic rings. The number of carbonyl (C=O) groups is 1. The summed E-state index contributed by atoms with van der Waals surface area (Å²) in [6.07, 6.45) is 0.740. The molecule has 0 atom stereocenters. The molecule has 20 heavy (non-hydrogen) atoms. The molecule has 2 aromatic carbocycles. The normalized spacial score (nSPS) is 10.6. The average Bonchev–Trinajstić information content (AvgIpc) is 2.95. The Labute approximate surface area is 121 Å². The van der Waals surface area contributed by atoms with Gasteiger partial charge in [0.05, 0.1) is 12.2 Å². The van der Waals surface area contributed by atoms with Crippen LogP contribution in [0, 0.1) is 0 Å². The highest BCUT2D eigenvalue weighted by atomic mass is 32.1. The smallest absolute Gasteiger partial charge is 0.338 e. The molecule has 0 aliphatic rings. The van der Waals surface area contributed by atoms with Crippen molar-refractivity contribution < 1.29 is 9.53 Å². The van der Waals surface area contributed by atoms with Crippen molar-refractivity contribution in [2.75, 3.05) is 6.61 Å². The minimum absolute atomic E-state index is 0.262. The Bertz CT molecular complexity index is 716. The van der Waals surface area contributed by atoms with Crippen molar-refractivity contribution in [1.82, 2.24) is 0 Å². The lowest BCUT2D eigenvalue weighted by Gasteiger charge is -2.05. The molecule has 0 fully saturated rings. The van der Waals surface area contributed by atoms with Crippen LogP contribution in [0.3, 0.4) is 0 Å². The van der Waals surface area contributed by atoms with E-state index in [1.54, 1.807) is 23.5 Å². The minimum Gasteiger partial charge on any atom is -0.462 e. The molecule has 0 bridgehead atoms. The third-order valence-electron chi connectivity index (χ3n) is 3.15. The van der Waals surface area contributed by atoms with Crippen LogP contribution in [0.4, 0.5) is 0 Å². The number of fused-ring (bicyclic) bond motifs is 1. The van der Waals surface area contributed by atoms with Crippen molar-refractivity contribution in [3.8, 4) is 0 Å². The summed E-state index contributed by atoms with van der Waals surface area (Å²) in [7, 11) is 0. The van der Waals surface area contributed by atoms with Gasteiger partial charge < -0.3 is 4.74 Å². The number of benzene rings is 2. The summed E-state index contributed by atoms with van der Waals surface area (Å²) in [5.74, 6) is -0.262. The highest BCUT2D eigenvalue weighted by molar-refractivity contribution is 7.17. The van der Waals surface area contributed by atoms with Crippen LogP contribution < -0.4 is 0 Å². The SMILES string of the molecule is O=C(OCCc1ccc2sccc2c1)c1ccccc1. The maximum atomic E-state index is 11.8. The molecule has 3 rings (SSSR count). The van der Waals surface area contributed by atoms with E-state index in [2.05, 4.69) is 29.6 Å². The van der Waals surface area contributed by atoms with E-state index in [1.807, 2.05) is 18.2 Å². The second-order valence-electron chi connectivity index (χ2n) is 4.54. The quantitative estimate of drug-likeness (QED) is 0.667. The van der Waals surface area contributed by atoms with Gasteiger partial charge in [-0.25, -0.2) is 4.79 Å². The average molecular weight is 282 g/mol. The second-order valence-corrected chi connectivity index (χ2v) is 5.49. The van der Waals surface area contributed by atoms with Crippen molar-refractivity contribution in [2.45, 2.75) is 6.42 Å². The van der Waals surface area contributed by atoms with Crippen LogP contribution in [0.15, 0.2) is 60.0 Å². The molecule has 0 aliphatic heterocycles. The molecule has 1 heterocycles. The summed E-state index contributed by atoms with van der Waals surface area (Å²) in [4.78, 5) is 11.8. The first kappa shape index (κ1) is 12.9. The highest BCUT2D eigenvalue weighted by Gasteiger charge is 2.05. The van der Waals surface area contributed by atoms with Crippen molar-refractivity contribution in [3.63, 3.8) is 0 Å². The lowest BCUT2D eigenvalue weighted by Crippen LogP contribution is -2.07. The minimum atomic E-state index is -0.262. The zero-order chi connectivity index (χ0) is 13.8. The van der Waals surface area contributed by atoms with Gasteiger partial charge in [0, 0.05) is 11.1 Å². The first-order chi connectivity index (χ1) is 9.83. The Balaban J connectivity index is 1.58. The molecule has 0 unspecified atom stereocenters. The first-order valence-corrected chi connectivity index (χ1v) is 7.39. The van der Waals surface area contributed by atoms with Gasteiger partial charge in [0.1, 0.15) is 0 Å². The number of thiophene rings is 1. The number of carbonyl (C=O) groups excluding carboxylic acids is 1. The van der Waals surface area contributed by atoms with E-state index >= 15 is 0 Å². The summed E-state index contributed by atoms with van der Waals surface area (Å²) >= 11 is 1.74. The fraction of sp³-hybridized carbons (Fsp3) is 0.118. The van der Waals surface area contributed by atoms with Gasteiger partial charge in [0.25, 0.3) is 0 Å². The van der Waals surface area contributed by atoms with Crippen LogP contribution in [-0.2, 0) is 11.2 Å². The maximum absolute atomic E-state index is 11.8. The molecule has 1 aromatic heterocycles. The lowest BCUT2D eigenvalue weighted by atomic mass is 10.1. The van der Waals surface area contributed by atoms with Crippen LogP contribution in [0.25, 0.3) is 10.1 Å². The lowest BCUT2D eigenvalue weighted by molar-refractivity contribution is 0.0509. The monoisotopic (exact) mass is 282 g/mol. The molecule has 0 aliphatic carbocycles. The molecule has 0 saturated heterocycles. The summed E-state index contributed by atoms with van der Waals surface area (Å²) < 4.78 is 6.58. The highest BCUT2D eigenvalue weighted by Crippen LogP contribution is 2.21. The van der Waals surface area contributed by atoms with Gasteiger partial charge in [-0.3, -0.25) is 0 Å². The Hall–Kier alpha value is -2.13. The van der Waals surface area contributed by atoms with E-state index < -0.39 is 0 Å². The summed E-state index contributed by atoms with van der Waals surface area (Å²) in [5, 5.41) is 3.34. The van der Waals surface area contributed by atoms with E-state index in [4.69, 9.17) is 4.74 Å². The van der Waals surface area contributed by atoms with E-state index in [0.29, 0.717) is 12.2 Å². The zero-order valence-corrected chi connectivity index (χ0v) is 11.7. The van der Waals surface area contributed by atoms with Gasteiger partial charge in [-0.1, -0.05) is 30.3 Å². The van der Waals surface area contributed by atoms with Crippen molar-refractivity contribution in [3.05, 3.63) is 71.1 Å². The molecule has 0 N–H and O–H groups in total. The van der Waals surface area contributed by atoms with E-state index in [1.165, 1.54) is 15.6 Å². The van der Waals surface area contributed by atoms with Crippen LogP contribution >= 0.6 is 11.3 Å². The molecule has 0 saturated carbocycles. The van der Waals surface area contributed by atoms with Gasteiger partial charge in [-0.2, -0.15) is 0 Å². The van der Waals surface area contributed by atoms with Crippen molar-refractivity contribution in [1.29, 1.82) is 0 Å². The fourth-order valence-electron chi connectivity index (χ4n) is 2.09. The van der Waals surface area contributed by atoms with E-state index in [-0.39, 0.29) is 5.97 Å². The third-order valence-corrected chi connectivity index (χ3v) is 4.05. The van der Waals surface area contributed by atoms with E-state index in [0.717, 1.165) is 6.42 Å². The Morgan fingerprint density at radius 3 is 2.75 bits per heavy atom. The molecule has 0 amide bonds. The number of hydrogen-bond donors (Lipinski definition) is 0. The number of esters is 1. The van der Waals surface area contributed by atoms with Gasteiger partial charge in [-0.15, -0.1) is 11.3 Å². The predicted molar refractivity (Wildman–Crippen MR) is 82.3 cm³/mol. The largest absolute Gasteiger partial charge is 0.462 e. The molecular weight excluding hydrogens is 268 g/mol. The zero-order valence-electron chi connectivity index (χ0n) is 10.9. The summed E-state index contributed by atoms with van der Waals surface area (Å²) in [6.45, 7) is 0.406. The molecular formula is C17H14O2S. The van der Waals surface area contributed by atoms with Crippen LogP contribution in [0.2, 0.25) is 0 Å². The van der Waals surface area contributed by atoms with Gasteiger partial charge >= 0.3 is 5.97 Å².